The van der Waals surface area contributed by atoms with E-state index >= 15 is 0 Å². The number of benzene rings is 1. The molecule has 0 aliphatic carbocycles. The van der Waals surface area contributed by atoms with Crippen molar-refractivity contribution in [3.05, 3.63) is 46.3 Å². The van der Waals surface area contributed by atoms with Crippen LogP contribution in [0.15, 0.2) is 30.7 Å². The molecule has 84 valence electrons. The van der Waals surface area contributed by atoms with Gasteiger partial charge in [0.1, 0.15) is 18.0 Å². The summed E-state index contributed by atoms with van der Waals surface area (Å²) in [7, 11) is 0. The minimum atomic E-state index is 0.337. The highest BCUT2D eigenvalue weighted by molar-refractivity contribution is 6.43. The van der Waals surface area contributed by atoms with Crippen LogP contribution in [0.4, 0.5) is 11.5 Å². The number of rotatable bonds is 2. The Bertz CT molecular complexity index is 592. The van der Waals surface area contributed by atoms with Crippen LogP contribution in [0.3, 0.4) is 0 Å². The third kappa shape index (κ3) is 2.47. The Morgan fingerprint density at radius 2 is 2.12 bits per heavy atom. The lowest BCUT2D eigenvalue weighted by Crippen LogP contribution is -1.98. The molecule has 0 saturated carbocycles. The van der Waals surface area contributed by atoms with Gasteiger partial charge < -0.3 is 5.32 Å². The van der Waals surface area contributed by atoms with Crippen molar-refractivity contribution in [1.82, 2.24) is 9.97 Å². The Morgan fingerprint density at radius 1 is 1.29 bits per heavy atom. The van der Waals surface area contributed by atoms with Gasteiger partial charge in [0.2, 0.25) is 0 Å². The molecule has 2 aromatic rings. The quantitative estimate of drug-likeness (QED) is 0.903. The van der Waals surface area contributed by atoms with Crippen LogP contribution in [-0.2, 0) is 0 Å². The average molecular weight is 265 g/mol. The van der Waals surface area contributed by atoms with E-state index in [4.69, 9.17) is 28.5 Å². The maximum atomic E-state index is 8.89. The fourth-order valence-electron chi connectivity index (χ4n) is 1.24. The van der Waals surface area contributed by atoms with Crippen molar-refractivity contribution in [1.29, 1.82) is 5.26 Å². The fourth-order valence-corrected chi connectivity index (χ4v) is 1.59. The van der Waals surface area contributed by atoms with E-state index in [1.807, 2.05) is 6.07 Å². The van der Waals surface area contributed by atoms with Crippen molar-refractivity contribution in [2.45, 2.75) is 0 Å². The predicted octanol–water partition coefficient (Wildman–Crippen LogP) is 3.40. The summed E-state index contributed by atoms with van der Waals surface area (Å²) in [5.74, 6) is 0.395. The van der Waals surface area contributed by atoms with Crippen LogP contribution in [0.2, 0.25) is 10.0 Å². The van der Waals surface area contributed by atoms with Gasteiger partial charge in [-0.05, 0) is 12.1 Å². The van der Waals surface area contributed by atoms with Crippen molar-refractivity contribution < 1.29 is 0 Å². The highest BCUT2D eigenvalue weighted by atomic mass is 35.5. The van der Waals surface area contributed by atoms with Crippen molar-refractivity contribution in [2.75, 3.05) is 5.32 Å². The summed E-state index contributed by atoms with van der Waals surface area (Å²) < 4.78 is 0. The lowest BCUT2D eigenvalue weighted by molar-refractivity contribution is 1.15. The molecule has 0 aliphatic rings. The molecule has 6 heteroatoms. The predicted molar refractivity (Wildman–Crippen MR) is 66.5 cm³/mol. The molecule has 0 atom stereocenters. The van der Waals surface area contributed by atoms with Crippen LogP contribution in [0, 0.1) is 11.3 Å². The average Bonchev–Trinajstić information content (AvgIpc) is 2.35. The number of anilines is 2. The molecule has 0 fully saturated rings. The summed E-state index contributed by atoms with van der Waals surface area (Å²) in [6.45, 7) is 0. The molecule has 0 aliphatic heterocycles. The first kappa shape index (κ1) is 11.6. The van der Waals surface area contributed by atoms with Crippen LogP contribution in [0.1, 0.15) is 5.56 Å². The zero-order valence-electron chi connectivity index (χ0n) is 8.48. The van der Waals surface area contributed by atoms with Gasteiger partial charge in [0.05, 0.1) is 21.9 Å². The third-order valence-corrected chi connectivity index (χ3v) is 2.86. The number of nitrogens with one attached hydrogen (secondary N) is 1. The molecular formula is C11H6Cl2N4. The minimum Gasteiger partial charge on any atom is -0.338 e. The van der Waals surface area contributed by atoms with Gasteiger partial charge >= 0.3 is 0 Å². The van der Waals surface area contributed by atoms with Crippen LogP contribution < -0.4 is 5.32 Å². The zero-order valence-corrected chi connectivity index (χ0v) is 10.00. The monoisotopic (exact) mass is 264 g/mol. The summed E-state index contributed by atoms with van der Waals surface area (Å²) in [6, 6.07) is 7.17. The second-order valence-electron chi connectivity index (χ2n) is 3.12. The van der Waals surface area contributed by atoms with E-state index in [0.29, 0.717) is 27.1 Å². The third-order valence-electron chi connectivity index (χ3n) is 2.04. The summed E-state index contributed by atoms with van der Waals surface area (Å²) in [5, 5.41) is 12.7. The molecule has 4 nitrogen and oxygen atoms in total. The molecule has 0 unspecified atom stereocenters. The topological polar surface area (TPSA) is 61.6 Å². The van der Waals surface area contributed by atoms with Crippen molar-refractivity contribution >= 4 is 34.7 Å². The normalized spacial score (nSPS) is 9.71. The minimum absolute atomic E-state index is 0.337. The van der Waals surface area contributed by atoms with Gasteiger partial charge in [-0.3, -0.25) is 0 Å². The molecular weight excluding hydrogens is 259 g/mol. The number of aromatic nitrogens is 2. The van der Waals surface area contributed by atoms with Crippen LogP contribution >= 0.6 is 23.2 Å². The van der Waals surface area contributed by atoms with Gasteiger partial charge in [-0.25, -0.2) is 9.97 Å². The second kappa shape index (κ2) is 5.00. The molecule has 0 bridgehead atoms. The Balaban J connectivity index is 2.39. The molecule has 1 heterocycles. The summed E-state index contributed by atoms with van der Waals surface area (Å²) in [6.07, 6.45) is 2.77. The van der Waals surface area contributed by atoms with Crippen molar-refractivity contribution in [3.63, 3.8) is 0 Å². The second-order valence-corrected chi connectivity index (χ2v) is 3.91. The molecule has 1 N–H and O–H groups in total. The van der Waals surface area contributed by atoms with Crippen molar-refractivity contribution in [2.24, 2.45) is 0 Å². The lowest BCUT2D eigenvalue weighted by Gasteiger charge is -2.08. The van der Waals surface area contributed by atoms with E-state index in [2.05, 4.69) is 15.3 Å². The lowest BCUT2D eigenvalue weighted by atomic mass is 10.3. The Hall–Kier alpha value is -1.83. The fraction of sp³-hybridized carbons (Fsp3) is 0. The number of nitrogens with zero attached hydrogens (tertiary/aromatic N) is 3. The molecule has 0 radical (unpaired) electrons. The summed E-state index contributed by atoms with van der Waals surface area (Å²) in [4.78, 5) is 7.73. The van der Waals surface area contributed by atoms with Gasteiger partial charge in [-0.1, -0.05) is 29.3 Å². The SMILES string of the molecule is N#Cc1cncnc1Nc1cccc(Cl)c1Cl. The van der Waals surface area contributed by atoms with Gasteiger partial charge in [-0.2, -0.15) is 5.26 Å². The first-order valence-electron chi connectivity index (χ1n) is 4.63. The van der Waals surface area contributed by atoms with E-state index in [1.54, 1.807) is 18.2 Å². The highest BCUT2D eigenvalue weighted by Gasteiger charge is 2.08. The smallest absolute Gasteiger partial charge is 0.151 e. The molecule has 17 heavy (non-hydrogen) atoms. The zero-order chi connectivity index (χ0) is 12.3. The molecule has 0 amide bonds. The van der Waals surface area contributed by atoms with E-state index in [0.717, 1.165) is 0 Å². The van der Waals surface area contributed by atoms with Gasteiger partial charge in [0, 0.05) is 0 Å². The Kier molecular flexibility index (Phi) is 3.43. The van der Waals surface area contributed by atoms with E-state index < -0.39 is 0 Å². The highest BCUT2D eigenvalue weighted by Crippen LogP contribution is 2.31. The standard InChI is InChI=1S/C11H6Cl2N4/c12-8-2-1-3-9(10(8)13)17-11-7(4-14)5-15-6-16-11/h1-3,5-6H,(H,15,16,17). The van der Waals surface area contributed by atoms with Crippen molar-refractivity contribution in [3.8, 4) is 6.07 Å². The number of nitriles is 1. The summed E-state index contributed by atoms with van der Waals surface area (Å²) >= 11 is 11.9. The van der Waals surface area contributed by atoms with E-state index in [9.17, 15) is 0 Å². The number of hydrogen-bond donors (Lipinski definition) is 1. The maximum Gasteiger partial charge on any atom is 0.151 e. The molecule has 2 rings (SSSR count). The Morgan fingerprint density at radius 3 is 2.88 bits per heavy atom. The molecule has 1 aromatic carbocycles. The first-order valence-corrected chi connectivity index (χ1v) is 5.39. The van der Waals surface area contributed by atoms with Gasteiger partial charge in [-0.15, -0.1) is 0 Å². The van der Waals surface area contributed by atoms with E-state index in [-0.39, 0.29) is 0 Å². The van der Waals surface area contributed by atoms with Gasteiger partial charge in [0.15, 0.2) is 5.82 Å². The Labute approximate surface area is 108 Å². The molecule has 0 spiro atoms. The molecule has 0 saturated heterocycles. The van der Waals surface area contributed by atoms with Gasteiger partial charge in [0.25, 0.3) is 0 Å². The number of halogens is 2. The molecule has 1 aromatic heterocycles. The van der Waals surface area contributed by atoms with E-state index in [1.165, 1.54) is 12.5 Å². The van der Waals surface area contributed by atoms with Crippen LogP contribution in [0.25, 0.3) is 0 Å². The maximum absolute atomic E-state index is 8.89. The van der Waals surface area contributed by atoms with Crippen LogP contribution in [-0.4, -0.2) is 9.97 Å². The largest absolute Gasteiger partial charge is 0.338 e. The van der Waals surface area contributed by atoms with Crippen LogP contribution in [0.5, 0.6) is 0 Å². The summed E-state index contributed by atoms with van der Waals surface area (Å²) in [5.41, 5.74) is 0.929. The number of hydrogen-bond acceptors (Lipinski definition) is 4. The first-order chi connectivity index (χ1) is 8.22.